The van der Waals surface area contributed by atoms with E-state index in [2.05, 4.69) is 35.2 Å². The Morgan fingerprint density at radius 2 is 1.57 bits per heavy atom. The van der Waals surface area contributed by atoms with E-state index in [1.165, 1.54) is 17.9 Å². The Kier molecular flexibility index (Phi) is 7.70. The van der Waals surface area contributed by atoms with Gasteiger partial charge in [-0.3, -0.25) is 32.5 Å². The first-order valence-electron chi connectivity index (χ1n) is 13.4. The zero-order chi connectivity index (χ0) is 32.5. The van der Waals surface area contributed by atoms with Gasteiger partial charge < -0.3 is 49.6 Å². The van der Waals surface area contributed by atoms with E-state index in [9.17, 15) is 33.9 Å². The van der Waals surface area contributed by atoms with E-state index in [0.717, 1.165) is 17.2 Å². The van der Waals surface area contributed by atoms with Gasteiger partial charge in [-0.1, -0.05) is 0 Å². The minimum atomic E-state index is -5.30. The lowest BCUT2D eigenvalue weighted by molar-refractivity contribution is -0.236. The monoisotopic (exact) mass is 687 g/mol. The third-order valence-electron chi connectivity index (χ3n) is 7.53. The number of nitrogen functional groups attached to an aromatic ring is 1. The average Bonchev–Trinajstić information content (AvgIpc) is 3.76. The van der Waals surface area contributed by atoms with Crippen LogP contribution < -0.4 is 21.5 Å². The SMILES string of the molecule is CNc1nc2c(ncn2[C@@H]2OC3COP(=O)(O)O[C@H]4[C@@H](O)[C@H](n5cnc6c(N)ncnc65)O[C@@H]4COP(=O)([O-])O[C@H]3[C@H]2O)c(=O)[nH]1. The lowest BCUT2D eigenvalue weighted by atomic mass is 10.1. The van der Waals surface area contributed by atoms with Crippen LogP contribution in [0.5, 0.6) is 0 Å². The van der Waals surface area contributed by atoms with Crippen LogP contribution in [0, 0.1) is 0 Å². The molecule has 3 aliphatic heterocycles. The van der Waals surface area contributed by atoms with Crippen molar-refractivity contribution < 1.29 is 56.7 Å². The largest absolute Gasteiger partial charge is 0.756 e. The van der Waals surface area contributed by atoms with Gasteiger partial charge in [0, 0.05) is 7.05 Å². The molecular weight excluding hydrogens is 662 g/mol. The number of ether oxygens (including phenoxy) is 2. The van der Waals surface area contributed by atoms with Crippen molar-refractivity contribution in [1.82, 2.24) is 39.0 Å². The Morgan fingerprint density at radius 3 is 2.24 bits per heavy atom. The number of aromatic nitrogens is 8. The van der Waals surface area contributed by atoms with Crippen LogP contribution >= 0.6 is 15.6 Å². The number of fused-ring (bicyclic) bond motifs is 4. The predicted molar refractivity (Wildman–Crippen MR) is 146 cm³/mol. The maximum absolute atomic E-state index is 13.1. The number of anilines is 2. The van der Waals surface area contributed by atoms with Gasteiger partial charge in [0.2, 0.25) is 5.95 Å². The molecule has 0 amide bonds. The van der Waals surface area contributed by atoms with Crippen molar-refractivity contribution in [2.24, 2.45) is 0 Å². The normalized spacial score (nSPS) is 37.1. The minimum Gasteiger partial charge on any atom is -0.756 e. The zero-order valence-corrected chi connectivity index (χ0v) is 25.1. The molecule has 4 aromatic rings. The van der Waals surface area contributed by atoms with Crippen LogP contribution in [0.1, 0.15) is 12.5 Å². The maximum atomic E-state index is 13.1. The van der Waals surface area contributed by atoms with E-state index in [-0.39, 0.29) is 34.1 Å². The van der Waals surface area contributed by atoms with Crippen molar-refractivity contribution in [3.8, 4) is 0 Å². The number of H-pyrrole nitrogens is 1. The molecule has 3 fully saturated rings. The Balaban J connectivity index is 1.17. The second-order valence-electron chi connectivity index (χ2n) is 10.3. The first kappa shape index (κ1) is 31.2. The number of nitrogens with one attached hydrogen (secondary N) is 2. The van der Waals surface area contributed by atoms with E-state index < -0.39 is 83.5 Å². The van der Waals surface area contributed by atoms with Gasteiger partial charge in [-0.15, -0.1) is 0 Å². The molecule has 248 valence electrons. The van der Waals surface area contributed by atoms with E-state index >= 15 is 0 Å². The van der Waals surface area contributed by atoms with Crippen LogP contribution in [0.25, 0.3) is 22.3 Å². The van der Waals surface area contributed by atoms with E-state index in [1.807, 2.05) is 0 Å². The molecule has 25 heteroatoms. The summed E-state index contributed by atoms with van der Waals surface area (Å²) in [7, 11) is -8.86. The molecule has 0 radical (unpaired) electrons. The summed E-state index contributed by atoms with van der Waals surface area (Å²) in [4.78, 5) is 58.7. The van der Waals surface area contributed by atoms with E-state index in [4.69, 9.17) is 33.3 Å². The fourth-order valence-electron chi connectivity index (χ4n) is 5.41. The molecule has 0 bridgehead atoms. The van der Waals surface area contributed by atoms with Crippen LogP contribution in [0.2, 0.25) is 0 Å². The highest BCUT2D eigenvalue weighted by atomic mass is 31.2. The number of aliphatic hydroxyl groups is 2. The summed E-state index contributed by atoms with van der Waals surface area (Å²) in [6.45, 7) is -1.72. The standard InChI is InChI=1S/C21H26N10O13P2/c1-23-21-28-17-10(18(34)29-21)27-6-31(17)20-12(33)14-8(42-20)3-40-45(35,36)43-13-7(2-39-46(37,38)44-14)41-19(11(13)32)30-5-26-9-15(22)24-4-25-16(9)30/h4-8,11-14,19-20,32-33H,2-3H2,1H3,(H,35,36)(H,37,38)(H2,22,24,25)(H2,23,28,29,34)/p-1/t7-,8?,11-,12-,13-,14-,19-,20-/m1/s1. The summed E-state index contributed by atoms with van der Waals surface area (Å²) in [6, 6.07) is 0. The first-order chi connectivity index (χ1) is 21.9. The van der Waals surface area contributed by atoms with Crippen molar-refractivity contribution in [3.63, 3.8) is 0 Å². The van der Waals surface area contributed by atoms with E-state index in [1.54, 1.807) is 0 Å². The van der Waals surface area contributed by atoms with Gasteiger partial charge in [0.05, 0.1) is 25.9 Å². The number of aromatic amines is 1. The Hall–Kier alpha value is -3.44. The second-order valence-corrected chi connectivity index (χ2v) is 13.1. The second kappa shape index (κ2) is 11.4. The van der Waals surface area contributed by atoms with Gasteiger partial charge in [0.25, 0.3) is 13.4 Å². The summed E-state index contributed by atoms with van der Waals surface area (Å²) in [5.41, 5.74) is 5.36. The fraction of sp³-hybridized carbons (Fsp3) is 0.524. The minimum absolute atomic E-state index is 0.0334. The van der Waals surface area contributed by atoms with Crippen molar-refractivity contribution in [1.29, 1.82) is 0 Å². The van der Waals surface area contributed by atoms with Gasteiger partial charge in [-0.25, -0.2) is 24.5 Å². The molecule has 7 N–H and O–H groups in total. The summed E-state index contributed by atoms with van der Waals surface area (Å²) in [5.74, 6) is 0.0931. The van der Waals surface area contributed by atoms with Gasteiger partial charge in [-0.2, -0.15) is 4.98 Å². The zero-order valence-electron chi connectivity index (χ0n) is 23.3. The van der Waals surface area contributed by atoms with Gasteiger partial charge in [-0.05, 0) is 0 Å². The number of hydrogen-bond donors (Lipinski definition) is 6. The van der Waals surface area contributed by atoms with Crippen molar-refractivity contribution in [2.75, 3.05) is 31.3 Å². The van der Waals surface area contributed by atoms with Crippen LogP contribution in [0.4, 0.5) is 11.8 Å². The predicted octanol–water partition coefficient (Wildman–Crippen LogP) is -2.51. The summed E-state index contributed by atoms with van der Waals surface area (Å²) >= 11 is 0. The highest BCUT2D eigenvalue weighted by Gasteiger charge is 2.53. The molecule has 10 atom stereocenters. The molecule has 3 saturated heterocycles. The summed E-state index contributed by atoms with van der Waals surface area (Å²) < 4.78 is 60.7. The van der Waals surface area contributed by atoms with Gasteiger partial charge in [0.1, 0.15) is 48.5 Å². The maximum Gasteiger partial charge on any atom is 0.472 e. The number of phosphoric ester groups is 2. The fourth-order valence-corrected chi connectivity index (χ4v) is 7.32. The lowest BCUT2D eigenvalue weighted by Crippen LogP contribution is -2.40. The Bertz CT molecular complexity index is 1950. The molecule has 0 spiro atoms. The molecule has 0 saturated carbocycles. The number of rotatable bonds is 3. The average molecular weight is 687 g/mol. The van der Waals surface area contributed by atoms with Gasteiger partial charge >= 0.3 is 7.82 Å². The molecule has 46 heavy (non-hydrogen) atoms. The van der Waals surface area contributed by atoms with Crippen molar-refractivity contribution in [2.45, 2.75) is 49.1 Å². The number of hydrogen-bond acceptors (Lipinski definition) is 19. The highest BCUT2D eigenvalue weighted by Crippen LogP contribution is 2.52. The number of imidazole rings is 2. The highest BCUT2D eigenvalue weighted by molar-refractivity contribution is 7.47. The third-order valence-corrected chi connectivity index (χ3v) is 9.48. The molecule has 3 aliphatic rings. The van der Waals surface area contributed by atoms with Gasteiger partial charge in [0.15, 0.2) is 35.1 Å². The summed E-state index contributed by atoms with van der Waals surface area (Å²) in [5, 5.41) is 25.0. The molecular formula is C21H25N10O13P2-. The Labute approximate surface area is 255 Å². The smallest absolute Gasteiger partial charge is 0.472 e. The molecule has 4 aromatic heterocycles. The van der Waals surface area contributed by atoms with Crippen LogP contribution in [-0.2, 0) is 36.7 Å². The summed E-state index contributed by atoms with van der Waals surface area (Å²) in [6.07, 6.45) is -9.27. The number of aliphatic hydroxyl groups excluding tert-OH is 2. The molecule has 23 nitrogen and oxygen atoms in total. The number of nitrogens with two attached hydrogens (primary N) is 1. The molecule has 0 aliphatic carbocycles. The van der Waals surface area contributed by atoms with E-state index in [0.29, 0.717) is 0 Å². The first-order valence-corrected chi connectivity index (χ1v) is 16.4. The molecule has 3 unspecified atom stereocenters. The van der Waals surface area contributed by atoms with Crippen LogP contribution in [0.15, 0.2) is 23.8 Å². The van der Waals surface area contributed by atoms with Crippen molar-refractivity contribution >= 4 is 49.7 Å². The number of nitrogens with zero attached hydrogens (tertiary/aromatic N) is 7. The molecule has 7 heterocycles. The van der Waals surface area contributed by atoms with Crippen LogP contribution in [0.3, 0.4) is 0 Å². The van der Waals surface area contributed by atoms with Crippen molar-refractivity contribution in [3.05, 3.63) is 29.3 Å². The van der Waals surface area contributed by atoms with Crippen LogP contribution in [-0.4, -0.2) is 111 Å². The quantitative estimate of drug-likeness (QED) is 0.121. The Morgan fingerprint density at radius 1 is 0.957 bits per heavy atom. The molecule has 7 rings (SSSR count). The lowest BCUT2D eigenvalue weighted by Gasteiger charge is -2.32. The number of phosphoric acid groups is 2. The third kappa shape index (κ3) is 5.39. The topological polar surface area (TPSA) is 318 Å². The molecule has 0 aromatic carbocycles.